The zero-order valence-corrected chi connectivity index (χ0v) is 6.45. The van der Waals surface area contributed by atoms with Crippen molar-refractivity contribution >= 4 is 5.97 Å². The Labute approximate surface area is 65.9 Å². The molecule has 1 aliphatic heterocycles. The molecule has 62 valence electrons. The van der Waals surface area contributed by atoms with E-state index in [1.165, 1.54) is 12.8 Å². The van der Waals surface area contributed by atoms with Gasteiger partial charge in [-0.25, -0.2) is 0 Å². The van der Waals surface area contributed by atoms with E-state index in [-0.39, 0.29) is 18.1 Å². The molecular weight excluding hydrogens is 142 g/mol. The molecule has 3 heteroatoms. The summed E-state index contributed by atoms with van der Waals surface area (Å²) in [6, 6.07) is -0.333. The van der Waals surface area contributed by atoms with E-state index < -0.39 is 0 Å². The second-order valence-corrected chi connectivity index (χ2v) is 3.45. The van der Waals surface area contributed by atoms with Crippen LogP contribution in [-0.4, -0.2) is 18.1 Å². The normalized spacial score (nSPS) is 43.4. The summed E-state index contributed by atoms with van der Waals surface area (Å²) in [5.74, 6) is 0.123. The van der Waals surface area contributed by atoms with Gasteiger partial charge in [0.1, 0.15) is 12.1 Å². The summed E-state index contributed by atoms with van der Waals surface area (Å²) >= 11 is 0. The molecule has 0 aromatic rings. The molecule has 11 heavy (non-hydrogen) atoms. The lowest BCUT2D eigenvalue weighted by atomic mass is 9.84. The largest absolute Gasteiger partial charge is 0.461 e. The highest BCUT2D eigenvalue weighted by Crippen LogP contribution is 2.33. The summed E-state index contributed by atoms with van der Waals surface area (Å²) < 4.78 is 5.11. The third-order valence-corrected chi connectivity index (χ3v) is 2.75. The van der Waals surface area contributed by atoms with E-state index in [0.29, 0.717) is 5.92 Å². The lowest BCUT2D eigenvalue weighted by Crippen LogP contribution is -2.35. The molecule has 0 aromatic carbocycles. The Hall–Kier alpha value is -0.570. The van der Waals surface area contributed by atoms with Crippen molar-refractivity contribution in [2.45, 2.75) is 37.8 Å². The van der Waals surface area contributed by atoms with Crippen LogP contribution in [0.1, 0.15) is 25.7 Å². The number of hydrogen-bond acceptors (Lipinski definition) is 3. The second-order valence-electron chi connectivity index (χ2n) is 3.45. The smallest absolute Gasteiger partial charge is 0.323 e. The first-order valence-electron chi connectivity index (χ1n) is 4.25. The molecule has 0 spiro atoms. The molecule has 1 heterocycles. The van der Waals surface area contributed by atoms with Gasteiger partial charge in [0.05, 0.1) is 0 Å². The van der Waals surface area contributed by atoms with Gasteiger partial charge in [-0.15, -0.1) is 0 Å². The van der Waals surface area contributed by atoms with Crippen molar-refractivity contribution in [2.24, 2.45) is 11.7 Å². The summed E-state index contributed by atoms with van der Waals surface area (Å²) in [6.07, 6.45) is 4.61. The van der Waals surface area contributed by atoms with Crippen LogP contribution in [0.15, 0.2) is 0 Å². The van der Waals surface area contributed by atoms with Crippen LogP contribution >= 0.6 is 0 Å². The van der Waals surface area contributed by atoms with Crippen LogP contribution in [0.25, 0.3) is 0 Å². The third kappa shape index (κ3) is 1.03. The number of nitrogens with two attached hydrogens (primary N) is 1. The summed E-state index contributed by atoms with van der Waals surface area (Å²) in [5.41, 5.74) is 5.66. The van der Waals surface area contributed by atoms with Crippen molar-refractivity contribution < 1.29 is 9.53 Å². The first kappa shape index (κ1) is 7.10. The number of ether oxygens (including phenoxy) is 1. The van der Waals surface area contributed by atoms with E-state index in [1.807, 2.05) is 0 Å². The molecule has 1 saturated carbocycles. The molecule has 2 aliphatic rings. The van der Waals surface area contributed by atoms with Gasteiger partial charge in [-0.1, -0.05) is 6.42 Å². The van der Waals surface area contributed by atoms with Gasteiger partial charge < -0.3 is 10.5 Å². The monoisotopic (exact) mass is 155 g/mol. The van der Waals surface area contributed by atoms with E-state index in [1.54, 1.807) is 0 Å². The van der Waals surface area contributed by atoms with E-state index in [0.717, 1.165) is 12.8 Å². The maximum Gasteiger partial charge on any atom is 0.323 e. The van der Waals surface area contributed by atoms with Gasteiger partial charge in [-0.2, -0.15) is 0 Å². The fraction of sp³-hybridized carbons (Fsp3) is 0.875. The van der Waals surface area contributed by atoms with Crippen LogP contribution < -0.4 is 5.73 Å². The van der Waals surface area contributed by atoms with Crippen molar-refractivity contribution in [1.82, 2.24) is 0 Å². The average Bonchev–Trinajstić information content (AvgIpc) is 2.30. The Morgan fingerprint density at radius 1 is 1.36 bits per heavy atom. The second kappa shape index (κ2) is 2.48. The lowest BCUT2D eigenvalue weighted by Gasteiger charge is -2.23. The molecule has 0 amide bonds. The van der Waals surface area contributed by atoms with Crippen molar-refractivity contribution in [2.75, 3.05) is 0 Å². The van der Waals surface area contributed by atoms with Crippen LogP contribution in [0.5, 0.6) is 0 Å². The Bertz CT molecular complexity index is 181. The molecule has 0 aromatic heterocycles. The molecular formula is C8H13NO2. The molecule has 2 N–H and O–H groups in total. The number of carbonyl (C=O) groups is 1. The number of esters is 1. The summed E-state index contributed by atoms with van der Waals surface area (Å²) in [4.78, 5) is 11.0. The highest BCUT2D eigenvalue weighted by atomic mass is 16.6. The standard InChI is InChI=1S/C8H13NO2/c9-7-5-3-1-2-4-6(5)11-8(7)10/h5-7H,1-4,9H2/t5-,6-,7+/m1/s1. The summed E-state index contributed by atoms with van der Waals surface area (Å²) in [5, 5.41) is 0. The predicted octanol–water partition coefficient (Wildman–Crippen LogP) is 0.429. The zero-order valence-electron chi connectivity index (χ0n) is 6.45. The first-order chi connectivity index (χ1) is 5.29. The van der Waals surface area contributed by atoms with E-state index in [9.17, 15) is 4.79 Å². The number of rotatable bonds is 0. The van der Waals surface area contributed by atoms with Gasteiger partial charge in [0.25, 0.3) is 0 Å². The van der Waals surface area contributed by atoms with Gasteiger partial charge in [-0.3, -0.25) is 4.79 Å². The third-order valence-electron chi connectivity index (χ3n) is 2.75. The fourth-order valence-corrected chi connectivity index (χ4v) is 2.09. The van der Waals surface area contributed by atoms with Crippen molar-refractivity contribution in [3.63, 3.8) is 0 Å². The molecule has 3 atom stereocenters. The molecule has 0 bridgehead atoms. The van der Waals surface area contributed by atoms with Gasteiger partial charge >= 0.3 is 5.97 Å². The van der Waals surface area contributed by atoms with Gasteiger partial charge in [0.15, 0.2) is 0 Å². The SMILES string of the molecule is N[C@@H]1C(=O)O[C@@H]2CCCC[C@@H]12. The number of fused-ring (bicyclic) bond motifs is 1. The quantitative estimate of drug-likeness (QED) is 0.516. The summed E-state index contributed by atoms with van der Waals surface area (Å²) in [7, 11) is 0. The first-order valence-corrected chi connectivity index (χ1v) is 4.25. The van der Waals surface area contributed by atoms with Crippen LogP contribution in [0.4, 0.5) is 0 Å². The van der Waals surface area contributed by atoms with E-state index in [2.05, 4.69) is 0 Å². The Balaban J connectivity index is 2.11. The van der Waals surface area contributed by atoms with Crippen LogP contribution in [0, 0.1) is 5.92 Å². The highest BCUT2D eigenvalue weighted by Gasteiger charge is 2.43. The van der Waals surface area contributed by atoms with Crippen molar-refractivity contribution in [3.8, 4) is 0 Å². The Morgan fingerprint density at radius 3 is 2.82 bits per heavy atom. The van der Waals surface area contributed by atoms with Crippen LogP contribution in [0.2, 0.25) is 0 Å². The Morgan fingerprint density at radius 2 is 2.09 bits per heavy atom. The minimum absolute atomic E-state index is 0.145. The minimum Gasteiger partial charge on any atom is -0.461 e. The lowest BCUT2D eigenvalue weighted by molar-refractivity contribution is -0.142. The maximum absolute atomic E-state index is 11.0. The van der Waals surface area contributed by atoms with Crippen molar-refractivity contribution in [3.05, 3.63) is 0 Å². The van der Waals surface area contributed by atoms with E-state index in [4.69, 9.17) is 10.5 Å². The molecule has 0 radical (unpaired) electrons. The van der Waals surface area contributed by atoms with Gasteiger partial charge in [-0.05, 0) is 19.3 Å². The van der Waals surface area contributed by atoms with Gasteiger partial charge in [0.2, 0.25) is 0 Å². The number of carbonyl (C=O) groups excluding carboxylic acids is 1. The fourth-order valence-electron chi connectivity index (χ4n) is 2.09. The topological polar surface area (TPSA) is 52.3 Å². The molecule has 0 unspecified atom stereocenters. The van der Waals surface area contributed by atoms with Crippen molar-refractivity contribution in [1.29, 1.82) is 0 Å². The van der Waals surface area contributed by atoms with Crippen LogP contribution in [0.3, 0.4) is 0 Å². The molecule has 2 rings (SSSR count). The molecule has 1 aliphatic carbocycles. The number of hydrogen-bond donors (Lipinski definition) is 1. The van der Waals surface area contributed by atoms with E-state index >= 15 is 0 Å². The van der Waals surface area contributed by atoms with Gasteiger partial charge in [0, 0.05) is 5.92 Å². The molecule has 2 fully saturated rings. The molecule has 3 nitrogen and oxygen atoms in total. The average molecular weight is 155 g/mol. The molecule has 1 saturated heterocycles. The maximum atomic E-state index is 11.0. The zero-order chi connectivity index (χ0) is 7.84. The summed E-state index contributed by atoms with van der Waals surface area (Å²) in [6.45, 7) is 0. The minimum atomic E-state index is -0.333. The Kier molecular flexibility index (Phi) is 1.60. The predicted molar refractivity (Wildman–Crippen MR) is 39.8 cm³/mol. The van der Waals surface area contributed by atoms with Crippen LogP contribution in [-0.2, 0) is 9.53 Å². The highest BCUT2D eigenvalue weighted by molar-refractivity contribution is 5.78.